The van der Waals surface area contributed by atoms with Gasteiger partial charge in [0.15, 0.2) is 0 Å². The Kier molecular flexibility index (Phi) is 5.84. The van der Waals surface area contributed by atoms with Gasteiger partial charge in [-0.1, -0.05) is 70.2 Å². The van der Waals surface area contributed by atoms with Gasteiger partial charge in [0.2, 0.25) is 0 Å². The predicted octanol–water partition coefficient (Wildman–Crippen LogP) is 5.11. The van der Waals surface area contributed by atoms with E-state index in [-0.39, 0.29) is 0 Å². The summed E-state index contributed by atoms with van der Waals surface area (Å²) in [4.78, 5) is 0. The van der Waals surface area contributed by atoms with Crippen LogP contribution >= 0.6 is 0 Å². The van der Waals surface area contributed by atoms with Gasteiger partial charge in [-0.25, -0.2) is 0 Å². The summed E-state index contributed by atoms with van der Waals surface area (Å²) >= 11 is 0. The minimum atomic E-state index is 0.294. The minimum absolute atomic E-state index is 0.294. The van der Waals surface area contributed by atoms with Crippen LogP contribution in [0, 0.1) is 12.3 Å². The van der Waals surface area contributed by atoms with Crippen LogP contribution in [0.4, 0.5) is 0 Å². The van der Waals surface area contributed by atoms with Crippen LogP contribution in [0.15, 0.2) is 24.3 Å². The lowest BCUT2D eigenvalue weighted by atomic mass is 9.92. The molecule has 1 aromatic carbocycles. The van der Waals surface area contributed by atoms with Gasteiger partial charge in [0.05, 0.1) is 0 Å². The number of hydrogen-bond acceptors (Lipinski definition) is 0. The molecule has 1 rings (SSSR count). The molecule has 1 atom stereocenters. The predicted molar refractivity (Wildman–Crippen MR) is 76.2 cm³/mol. The zero-order chi connectivity index (χ0) is 12.7. The van der Waals surface area contributed by atoms with Crippen LogP contribution in [0.2, 0.25) is 0 Å². The van der Waals surface area contributed by atoms with E-state index in [0.29, 0.717) is 11.8 Å². The van der Waals surface area contributed by atoms with Gasteiger partial charge in [-0.3, -0.25) is 0 Å². The molecule has 0 aliphatic heterocycles. The van der Waals surface area contributed by atoms with Crippen molar-refractivity contribution in [3.63, 3.8) is 0 Å². The highest BCUT2D eigenvalue weighted by Crippen LogP contribution is 2.24. The van der Waals surface area contributed by atoms with E-state index in [1.165, 1.54) is 30.4 Å². The summed E-state index contributed by atoms with van der Waals surface area (Å²) in [6, 6.07) is 8.83. The quantitative estimate of drug-likeness (QED) is 0.469. The van der Waals surface area contributed by atoms with Crippen molar-refractivity contribution >= 4 is 0 Å². The average molecular weight is 228 g/mol. The summed E-state index contributed by atoms with van der Waals surface area (Å²) < 4.78 is 0. The van der Waals surface area contributed by atoms with Gasteiger partial charge in [-0.2, -0.15) is 0 Å². The lowest BCUT2D eigenvalue weighted by Gasteiger charge is -2.12. The fourth-order valence-electron chi connectivity index (χ4n) is 2.06. The Morgan fingerprint density at radius 2 is 1.65 bits per heavy atom. The maximum Gasteiger partial charge on any atom is 0.0449 e. The number of terminal acetylenes is 1. The Morgan fingerprint density at radius 3 is 2.12 bits per heavy atom. The number of unbranched alkanes of at least 4 members (excludes halogenated alkanes) is 2. The van der Waals surface area contributed by atoms with Crippen molar-refractivity contribution in [3.05, 3.63) is 35.4 Å². The Bertz CT molecular complexity index is 351. The highest BCUT2D eigenvalue weighted by molar-refractivity contribution is 5.31. The highest BCUT2D eigenvalue weighted by Gasteiger charge is 2.08. The van der Waals surface area contributed by atoms with Gasteiger partial charge in [-0.15, -0.1) is 6.42 Å². The first-order valence-corrected chi connectivity index (χ1v) is 6.75. The third-order valence-corrected chi connectivity index (χ3v) is 3.30. The van der Waals surface area contributed by atoms with Crippen molar-refractivity contribution < 1.29 is 0 Å². The van der Waals surface area contributed by atoms with Crippen molar-refractivity contribution in [2.45, 2.75) is 58.3 Å². The van der Waals surface area contributed by atoms with Gasteiger partial charge in [0.1, 0.15) is 0 Å². The van der Waals surface area contributed by atoms with Gasteiger partial charge in [-0.05, 0) is 23.5 Å². The maximum atomic E-state index is 5.63. The number of benzene rings is 1. The molecular weight excluding hydrogens is 204 g/mol. The molecule has 0 nitrogen and oxygen atoms in total. The smallest absolute Gasteiger partial charge is 0.0449 e. The van der Waals surface area contributed by atoms with Gasteiger partial charge in [0, 0.05) is 5.92 Å². The van der Waals surface area contributed by atoms with Crippen molar-refractivity contribution in [1.82, 2.24) is 0 Å². The second kappa shape index (κ2) is 7.17. The normalized spacial score (nSPS) is 12.4. The van der Waals surface area contributed by atoms with Crippen LogP contribution < -0.4 is 0 Å². The number of rotatable bonds is 6. The lowest BCUT2D eigenvalue weighted by molar-refractivity contribution is 0.637. The largest absolute Gasteiger partial charge is 0.119 e. The fraction of sp³-hybridized carbons (Fsp3) is 0.529. The van der Waals surface area contributed by atoms with Crippen LogP contribution in [-0.2, 0) is 0 Å². The molecular formula is C17H24. The standard InChI is InChI=1S/C17H24/c1-5-7-8-9-15(6-2)17-12-10-16(11-13-17)14(3)4/h2,10-15H,5,7-9H2,1,3-4H3. The van der Waals surface area contributed by atoms with Crippen molar-refractivity contribution in [1.29, 1.82) is 0 Å². The van der Waals surface area contributed by atoms with Crippen LogP contribution in [0.1, 0.15) is 69.4 Å². The first kappa shape index (κ1) is 13.8. The topological polar surface area (TPSA) is 0 Å². The molecule has 0 heteroatoms. The van der Waals surface area contributed by atoms with E-state index < -0.39 is 0 Å². The second-order valence-corrected chi connectivity index (χ2v) is 5.04. The summed E-state index contributed by atoms with van der Waals surface area (Å²) in [6.45, 7) is 6.66. The highest BCUT2D eigenvalue weighted by atomic mass is 14.1. The molecule has 0 saturated heterocycles. The van der Waals surface area contributed by atoms with E-state index in [1.807, 2.05) is 0 Å². The van der Waals surface area contributed by atoms with Gasteiger partial charge in [0.25, 0.3) is 0 Å². The summed E-state index contributed by atoms with van der Waals surface area (Å²) in [5.74, 6) is 3.81. The monoisotopic (exact) mass is 228 g/mol. The summed E-state index contributed by atoms with van der Waals surface area (Å²) in [7, 11) is 0. The first-order valence-electron chi connectivity index (χ1n) is 6.75. The molecule has 92 valence electrons. The lowest BCUT2D eigenvalue weighted by Crippen LogP contribution is -1.97. The van der Waals surface area contributed by atoms with E-state index in [4.69, 9.17) is 6.42 Å². The van der Waals surface area contributed by atoms with E-state index >= 15 is 0 Å². The van der Waals surface area contributed by atoms with Crippen LogP contribution in [0.25, 0.3) is 0 Å². The first-order chi connectivity index (χ1) is 8.19. The summed E-state index contributed by atoms with van der Waals surface area (Å²) in [6.07, 6.45) is 10.5. The summed E-state index contributed by atoms with van der Waals surface area (Å²) in [5, 5.41) is 0. The Balaban J connectivity index is 2.66. The average Bonchev–Trinajstić information content (AvgIpc) is 2.35. The third-order valence-electron chi connectivity index (χ3n) is 3.30. The minimum Gasteiger partial charge on any atom is -0.119 e. The molecule has 0 aliphatic rings. The van der Waals surface area contributed by atoms with Crippen LogP contribution in [0.5, 0.6) is 0 Å². The molecule has 1 unspecified atom stereocenters. The van der Waals surface area contributed by atoms with Crippen LogP contribution in [-0.4, -0.2) is 0 Å². The van der Waals surface area contributed by atoms with Gasteiger partial charge < -0.3 is 0 Å². The summed E-state index contributed by atoms with van der Waals surface area (Å²) in [5.41, 5.74) is 2.69. The SMILES string of the molecule is C#CC(CCCCC)c1ccc(C(C)C)cc1. The molecule has 0 aliphatic carbocycles. The Labute approximate surface area is 106 Å². The van der Waals surface area contributed by atoms with E-state index in [0.717, 1.165) is 6.42 Å². The Hall–Kier alpha value is -1.22. The van der Waals surface area contributed by atoms with Crippen molar-refractivity contribution in [2.75, 3.05) is 0 Å². The zero-order valence-corrected chi connectivity index (χ0v) is 11.4. The molecule has 0 radical (unpaired) electrons. The fourth-order valence-corrected chi connectivity index (χ4v) is 2.06. The molecule has 0 fully saturated rings. The molecule has 0 N–H and O–H groups in total. The Morgan fingerprint density at radius 1 is 1.06 bits per heavy atom. The molecule has 0 saturated carbocycles. The van der Waals surface area contributed by atoms with Gasteiger partial charge >= 0.3 is 0 Å². The van der Waals surface area contributed by atoms with Crippen molar-refractivity contribution in [3.8, 4) is 12.3 Å². The number of hydrogen-bond donors (Lipinski definition) is 0. The maximum absolute atomic E-state index is 5.63. The second-order valence-electron chi connectivity index (χ2n) is 5.04. The molecule has 0 aromatic heterocycles. The molecule has 0 amide bonds. The van der Waals surface area contributed by atoms with Crippen LogP contribution in [0.3, 0.4) is 0 Å². The molecule has 0 spiro atoms. The molecule has 1 aromatic rings. The third kappa shape index (κ3) is 4.27. The molecule has 17 heavy (non-hydrogen) atoms. The molecule has 0 bridgehead atoms. The molecule has 0 heterocycles. The van der Waals surface area contributed by atoms with E-state index in [2.05, 4.69) is 51.0 Å². The zero-order valence-electron chi connectivity index (χ0n) is 11.4. The van der Waals surface area contributed by atoms with Crippen molar-refractivity contribution in [2.24, 2.45) is 0 Å². The van der Waals surface area contributed by atoms with E-state index in [1.54, 1.807) is 0 Å². The van der Waals surface area contributed by atoms with E-state index in [9.17, 15) is 0 Å².